The third kappa shape index (κ3) is 3.05. The van der Waals surface area contributed by atoms with Gasteiger partial charge in [0.15, 0.2) is 5.58 Å². The zero-order chi connectivity index (χ0) is 14.0. The Hall–Kier alpha value is -1.59. The van der Waals surface area contributed by atoms with Crippen LogP contribution in [0.1, 0.15) is 19.4 Å². The van der Waals surface area contributed by atoms with E-state index in [0.29, 0.717) is 5.58 Å². The molecule has 0 saturated carbocycles. The van der Waals surface area contributed by atoms with Crippen molar-refractivity contribution in [3.05, 3.63) is 34.3 Å². The van der Waals surface area contributed by atoms with Crippen LogP contribution in [0.3, 0.4) is 0 Å². The molecule has 0 radical (unpaired) electrons. The lowest BCUT2D eigenvalue weighted by Gasteiger charge is -2.26. The van der Waals surface area contributed by atoms with Crippen LogP contribution in [0.5, 0.6) is 0 Å². The van der Waals surface area contributed by atoms with Gasteiger partial charge >= 0.3 is 5.76 Å². The Kier molecular flexibility index (Phi) is 3.78. The summed E-state index contributed by atoms with van der Waals surface area (Å²) < 4.78 is 6.70. The summed E-state index contributed by atoms with van der Waals surface area (Å²) in [5.74, 6) is -0.323. The Morgan fingerprint density at radius 2 is 2.11 bits per heavy atom. The van der Waals surface area contributed by atoms with Crippen molar-refractivity contribution in [1.29, 1.82) is 0 Å². The van der Waals surface area contributed by atoms with Crippen molar-refractivity contribution in [2.45, 2.75) is 25.9 Å². The number of aromatic nitrogens is 1. The minimum absolute atomic E-state index is 0.0151. The summed E-state index contributed by atoms with van der Waals surface area (Å²) in [7, 11) is 3.65. The number of rotatable bonds is 5. The molecule has 0 aliphatic carbocycles. The molecular weight excluding hydrogens is 242 g/mol. The normalized spacial score (nSPS) is 12.2. The predicted molar refractivity (Wildman–Crippen MR) is 76.3 cm³/mol. The van der Waals surface area contributed by atoms with Crippen LogP contribution in [0.25, 0.3) is 11.1 Å². The van der Waals surface area contributed by atoms with Crippen LogP contribution < -0.4 is 16.4 Å². The summed E-state index contributed by atoms with van der Waals surface area (Å²) in [6.45, 7) is 5.91. The molecule has 0 aliphatic heterocycles. The second-order valence-electron chi connectivity index (χ2n) is 5.50. The summed E-state index contributed by atoms with van der Waals surface area (Å²) in [5, 5.41) is 6.63. The molecule has 104 valence electrons. The van der Waals surface area contributed by atoms with Crippen LogP contribution in [0.4, 0.5) is 0 Å². The molecule has 0 amide bonds. The van der Waals surface area contributed by atoms with E-state index in [1.54, 1.807) is 7.05 Å². The Balaban J connectivity index is 2.16. The summed E-state index contributed by atoms with van der Waals surface area (Å²) >= 11 is 0. The molecule has 1 aromatic carbocycles. The van der Waals surface area contributed by atoms with E-state index in [-0.39, 0.29) is 11.3 Å². The molecule has 0 bridgehead atoms. The minimum atomic E-state index is -0.323. The standard InChI is InChI=1S/C14H21N3O2/c1-14(2,9-15-3)16-8-10-5-6-11-12(7-10)19-13(18)17(11)4/h5-7,15-16H,8-9H2,1-4H3. The fraction of sp³-hybridized carbons (Fsp3) is 0.500. The zero-order valence-corrected chi connectivity index (χ0v) is 11.9. The van der Waals surface area contributed by atoms with Gasteiger partial charge in [-0.15, -0.1) is 0 Å². The van der Waals surface area contributed by atoms with Gasteiger partial charge < -0.3 is 15.1 Å². The Morgan fingerprint density at radius 1 is 1.37 bits per heavy atom. The fourth-order valence-corrected chi connectivity index (χ4v) is 2.13. The number of benzene rings is 1. The molecule has 1 heterocycles. The van der Waals surface area contributed by atoms with Crippen LogP contribution in [0.15, 0.2) is 27.4 Å². The SMILES string of the molecule is CNCC(C)(C)NCc1ccc2c(c1)oc(=O)n2C. The lowest BCUT2D eigenvalue weighted by Crippen LogP contribution is -2.46. The monoisotopic (exact) mass is 263 g/mol. The first kappa shape index (κ1) is 13.8. The second kappa shape index (κ2) is 5.19. The van der Waals surface area contributed by atoms with Crippen LogP contribution in [-0.2, 0) is 13.6 Å². The molecule has 2 aromatic rings. The maximum absolute atomic E-state index is 11.4. The molecule has 19 heavy (non-hydrogen) atoms. The average molecular weight is 263 g/mol. The molecule has 5 nitrogen and oxygen atoms in total. The number of hydrogen-bond donors (Lipinski definition) is 2. The predicted octanol–water partition coefficient (Wildman–Crippen LogP) is 1.22. The van der Waals surface area contributed by atoms with Crippen molar-refractivity contribution < 1.29 is 4.42 Å². The van der Waals surface area contributed by atoms with Gasteiger partial charge in [-0.2, -0.15) is 0 Å². The number of likely N-dealkylation sites (N-methyl/N-ethyl adjacent to an activating group) is 1. The molecule has 0 fully saturated rings. The van der Waals surface area contributed by atoms with E-state index in [4.69, 9.17) is 4.42 Å². The minimum Gasteiger partial charge on any atom is -0.408 e. The molecule has 0 aliphatic rings. The first-order valence-corrected chi connectivity index (χ1v) is 6.41. The molecule has 5 heteroatoms. The Labute approximate surface area is 112 Å². The van der Waals surface area contributed by atoms with Crippen LogP contribution in [0, 0.1) is 0 Å². The lowest BCUT2D eigenvalue weighted by molar-refractivity contribution is 0.374. The van der Waals surface area contributed by atoms with E-state index in [0.717, 1.165) is 24.2 Å². The van der Waals surface area contributed by atoms with Crippen molar-refractivity contribution in [2.24, 2.45) is 7.05 Å². The highest BCUT2D eigenvalue weighted by molar-refractivity contribution is 5.73. The molecule has 2 rings (SSSR count). The lowest BCUT2D eigenvalue weighted by atomic mass is 10.1. The summed E-state index contributed by atoms with van der Waals surface area (Å²) in [6, 6.07) is 5.85. The van der Waals surface area contributed by atoms with E-state index in [1.165, 1.54) is 4.57 Å². The van der Waals surface area contributed by atoms with E-state index in [9.17, 15) is 4.79 Å². The number of nitrogens with zero attached hydrogens (tertiary/aromatic N) is 1. The van der Waals surface area contributed by atoms with Crippen molar-refractivity contribution in [2.75, 3.05) is 13.6 Å². The first-order chi connectivity index (χ1) is 8.93. The number of nitrogens with one attached hydrogen (secondary N) is 2. The van der Waals surface area contributed by atoms with Crippen LogP contribution in [-0.4, -0.2) is 23.7 Å². The van der Waals surface area contributed by atoms with Gasteiger partial charge in [-0.3, -0.25) is 4.57 Å². The Morgan fingerprint density at radius 3 is 2.79 bits per heavy atom. The first-order valence-electron chi connectivity index (χ1n) is 6.41. The smallest absolute Gasteiger partial charge is 0.408 e. The maximum atomic E-state index is 11.4. The Bertz CT molecular complexity index is 625. The van der Waals surface area contributed by atoms with Crippen molar-refractivity contribution in [1.82, 2.24) is 15.2 Å². The van der Waals surface area contributed by atoms with Gasteiger partial charge in [0.05, 0.1) is 5.52 Å². The van der Waals surface area contributed by atoms with E-state index >= 15 is 0 Å². The molecule has 0 saturated heterocycles. The van der Waals surface area contributed by atoms with Gasteiger partial charge in [0, 0.05) is 25.7 Å². The number of oxazole rings is 1. The van der Waals surface area contributed by atoms with E-state index in [1.807, 2.05) is 25.2 Å². The molecule has 0 unspecified atom stereocenters. The van der Waals surface area contributed by atoms with Crippen molar-refractivity contribution >= 4 is 11.1 Å². The topological polar surface area (TPSA) is 59.2 Å². The van der Waals surface area contributed by atoms with Gasteiger partial charge in [-0.1, -0.05) is 6.07 Å². The third-order valence-electron chi connectivity index (χ3n) is 3.25. The number of fused-ring (bicyclic) bond motifs is 1. The summed E-state index contributed by atoms with van der Waals surface area (Å²) in [4.78, 5) is 11.4. The van der Waals surface area contributed by atoms with Gasteiger partial charge in [0.1, 0.15) is 0 Å². The number of hydrogen-bond acceptors (Lipinski definition) is 4. The fourth-order valence-electron chi connectivity index (χ4n) is 2.13. The second-order valence-corrected chi connectivity index (χ2v) is 5.50. The van der Waals surface area contributed by atoms with Crippen LogP contribution >= 0.6 is 0 Å². The molecular formula is C14H21N3O2. The molecule has 2 N–H and O–H groups in total. The zero-order valence-electron chi connectivity index (χ0n) is 11.9. The maximum Gasteiger partial charge on any atom is 0.419 e. The average Bonchev–Trinajstić information content (AvgIpc) is 2.62. The van der Waals surface area contributed by atoms with Gasteiger partial charge in [0.2, 0.25) is 0 Å². The third-order valence-corrected chi connectivity index (χ3v) is 3.25. The largest absolute Gasteiger partial charge is 0.419 e. The van der Waals surface area contributed by atoms with E-state index in [2.05, 4.69) is 24.5 Å². The van der Waals surface area contributed by atoms with Crippen molar-refractivity contribution in [3.8, 4) is 0 Å². The number of aryl methyl sites for hydroxylation is 1. The van der Waals surface area contributed by atoms with Crippen LogP contribution in [0.2, 0.25) is 0 Å². The molecule has 0 spiro atoms. The van der Waals surface area contributed by atoms with E-state index < -0.39 is 0 Å². The van der Waals surface area contributed by atoms with Gasteiger partial charge in [0.25, 0.3) is 0 Å². The van der Waals surface area contributed by atoms with Gasteiger partial charge in [-0.25, -0.2) is 4.79 Å². The highest BCUT2D eigenvalue weighted by Crippen LogP contribution is 2.14. The highest BCUT2D eigenvalue weighted by Gasteiger charge is 2.15. The summed E-state index contributed by atoms with van der Waals surface area (Å²) in [5.41, 5.74) is 2.58. The van der Waals surface area contributed by atoms with Crippen molar-refractivity contribution in [3.63, 3.8) is 0 Å². The summed E-state index contributed by atoms with van der Waals surface area (Å²) in [6.07, 6.45) is 0. The van der Waals surface area contributed by atoms with Gasteiger partial charge in [-0.05, 0) is 38.6 Å². The quantitative estimate of drug-likeness (QED) is 0.851. The highest BCUT2D eigenvalue weighted by atomic mass is 16.4. The molecule has 0 atom stereocenters. The molecule has 1 aromatic heterocycles.